The number of nitrogens with zero attached hydrogens (tertiary/aromatic N) is 3. The molecule has 12 heteroatoms. The normalized spacial score (nSPS) is 19.5. The molecule has 0 spiro atoms. The smallest absolute Gasteiger partial charge is 0.384 e. The van der Waals surface area contributed by atoms with Crippen LogP contribution in [0.3, 0.4) is 0 Å². The lowest BCUT2D eigenvalue weighted by atomic mass is 9.93. The summed E-state index contributed by atoms with van der Waals surface area (Å²) in [6, 6.07) is 7.42. The second-order valence-corrected chi connectivity index (χ2v) is 9.43. The van der Waals surface area contributed by atoms with Crippen molar-refractivity contribution in [3.05, 3.63) is 48.2 Å². The van der Waals surface area contributed by atoms with Crippen LogP contribution in [0.4, 0.5) is 24.7 Å². The molecule has 2 atom stereocenters. The predicted molar refractivity (Wildman–Crippen MR) is 117 cm³/mol. The summed E-state index contributed by atoms with van der Waals surface area (Å²) in [6.45, 7) is 1.02. The van der Waals surface area contributed by atoms with Gasteiger partial charge in [0.05, 0.1) is 0 Å². The first-order valence-corrected chi connectivity index (χ1v) is 11.4. The van der Waals surface area contributed by atoms with Crippen LogP contribution in [0.2, 0.25) is 0 Å². The molecule has 1 aromatic carbocycles. The first-order chi connectivity index (χ1) is 15.4. The number of piperazine rings is 1. The van der Waals surface area contributed by atoms with Crippen LogP contribution in [-0.4, -0.2) is 61.2 Å². The molecule has 0 bridgehead atoms. The molecule has 8 nitrogen and oxygen atoms in total. The molecule has 1 fully saturated rings. The van der Waals surface area contributed by atoms with E-state index in [2.05, 4.69) is 16.8 Å². The van der Waals surface area contributed by atoms with E-state index < -0.39 is 34.4 Å². The largest absolute Gasteiger partial charge is 0.422 e. The van der Waals surface area contributed by atoms with Crippen molar-refractivity contribution in [2.45, 2.75) is 29.6 Å². The van der Waals surface area contributed by atoms with E-state index in [1.807, 2.05) is 4.90 Å². The monoisotopic (exact) mass is 483 g/mol. The topological polar surface area (TPSA) is 126 Å². The van der Waals surface area contributed by atoms with Crippen molar-refractivity contribution in [1.29, 1.82) is 0 Å². The van der Waals surface area contributed by atoms with Gasteiger partial charge < -0.3 is 21.5 Å². The van der Waals surface area contributed by atoms with Crippen molar-refractivity contribution in [2.75, 3.05) is 36.8 Å². The maximum Gasteiger partial charge on any atom is 0.422 e. The fraction of sp³-hybridized carbons (Fsp3) is 0.381. The zero-order chi connectivity index (χ0) is 24.4. The van der Waals surface area contributed by atoms with Gasteiger partial charge in [-0.05, 0) is 36.8 Å². The van der Waals surface area contributed by atoms with Crippen molar-refractivity contribution < 1.29 is 26.7 Å². The Morgan fingerprint density at radius 2 is 1.85 bits per heavy atom. The van der Waals surface area contributed by atoms with Crippen molar-refractivity contribution in [3.8, 4) is 11.8 Å². The highest BCUT2D eigenvalue weighted by Crippen LogP contribution is 2.39. The van der Waals surface area contributed by atoms with Crippen LogP contribution in [0.1, 0.15) is 12.5 Å². The Morgan fingerprint density at radius 1 is 1.18 bits per heavy atom. The van der Waals surface area contributed by atoms with E-state index in [9.17, 15) is 26.7 Å². The minimum absolute atomic E-state index is 0.00549. The number of aromatic nitrogens is 1. The minimum atomic E-state index is -4.93. The lowest BCUT2D eigenvalue weighted by molar-refractivity contribution is -0.262. The van der Waals surface area contributed by atoms with Crippen LogP contribution in [0.25, 0.3) is 0 Å². The van der Waals surface area contributed by atoms with E-state index >= 15 is 0 Å². The molecular formula is C21H24F3N5O3S. The van der Waals surface area contributed by atoms with Gasteiger partial charge in [0, 0.05) is 38.1 Å². The third kappa shape index (κ3) is 4.77. The number of aliphatic hydroxyl groups is 1. The number of anilines is 2. The van der Waals surface area contributed by atoms with Crippen LogP contribution in [0.15, 0.2) is 47.5 Å². The van der Waals surface area contributed by atoms with Crippen molar-refractivity contribution >= 4 is 21.5 Å². The molecule has 5 N–H and O–H groups in total. The molecule has 0 aliphatic carbocycles. The number of hydrogen-bond acceptors (Lipinski definition) is 7. The van der Waals surface area contributed by atoms with Crippen LogP contribution < -0.4 is 16.4 Å². The Balaban J connectivity index is 1.86. The van der Waals surface area contributed by atoms with E-state index in [1.54, 1.807) is 6.92 Å². The van der Waals surface area contributed by atoms with Gasteiger partial charge in [0.2, 0.25) is 10.0 Å². The van der Waals surface area contributed by atoms with Crippen LogP contribution in [-0.2, 0) is 15.6 Å². The fourth-order valence-corrected chi connectivity index (χ4v) is 4.98. The van der Waals surface area contributed by atoms with Crippen molar-refractivity contribution in [1.82, 2.24) is 9.29 Å². The first kappa shape index (κ1) is 24.8. The molecule has 3 rings (SSSR count). The maximum absolute atomic E-state index is 13.3. The molecule has 2 aromatic rings. The van der Waals surface area contributed by atoms with E-state index in [4.69, 9.17) is 11.5 Å². The molecule has 1 saturated heterocycles. The van der Waals surface area contributed by atoms with Gasteiger partial charge in [0.25, 0.3) is 0 Å². The van der Waals surface area contributed by atoms with Crippen molar-refractivity contribution in [2.24, 2.45) is 5.73 Å². The molecule has 2 heterocycles. The quantitative estimate of drug-likeness (QED) is 0.547. The second-order valence-electron chi connectivity index (χ2n) is 7.49. The number of sulfonamides is 1. The molecule has 178 valence electrons. The van der Waals surface area contributed by atoms with Crippen LogP contribution in [0, 0.1) is 11.8 Å². The lowest BCUT2D eigenvalue weighted by Crippen LogP contribution is -2.54. The summed E-state index contributed by atoms with van der Waals surface area (Å²) in [7, 11) is -3.83. The molecule has 0 radical (unpaired) electrons. The Kier molecular flexibility index (Phi) is 6.90. The maximum atomic E-state index is 13.3. The van der Waals surface area contributed by atoms with Gasteiger partial charge in [0.1, 0.15) is 16.8 Å². The Labute approximate surface area is 190 Å². The standard InChI is InChI=1S/C21H24F3N5O3S/c1-2-3-17-13-28(33(31,32)18-8-9-19(26)27-12-18)10-11-29(17)16-6-4-15(5-7-16)20(30,14-25)21(22,23)24/h4-9,12,17,30H,10-11,13-14,25H2,1H3,(H2,26,27)/t17-,20?/m0/s1. The summed E-state index contributed by atoms with van der Waals surface area (Å²) in [5, 5.41) is 10.0. The Bertz CT molecular complexity index is 1140. The second kappa shape index (κ2) is 9.18. The van der Waals surface area contributed by atoms with Gasteiger partial charge in [-0.25, -0.2) is 13.4 Å². The average Bonchev–Trinajstić information content (AvgIpc) is 2.78. The lowest BCUT2D eigenvalue weighted by Gasteiger charge is -2.40. The molecule has 33 heavy (non-hydrogen) atoms. The van der Waals surface area contributed by atoms with Gasteiger partial charge in [0.15, 0.2) is 5.60 Å². The molecule has 0 saturated carbocycles. The van der Waals surface area contributed by atoms with E-state index in [-0.39, 0.29) is 35.9 Å². The summed E-state index contributed by atoms with van der Waals surface area (Å²) in [6.07, 6.45) is -3.74. The van der Waals surface area contributed by atoms with Crippen LogP contribution in [0.5, 0.6) is 0 Å². The van der Waals surface area contributed by atoms with Crippen molar-refractivity contribution in [3.63, 3.8) is 0 Å². The van der Waals surface area contributed by atoms with Gasteiger partial charge in [-0.1, -0.05) is 18.1 Å². The van der Waals surface area contributed by atoms with E-state index in [0.717, 1.165) is 12.1 Å². The number of halogens is 3. The predicted octanol–water partition coefficient (Wildman–Crippen LogP) is 1.28. The molecule has 0 amide bonds. The SMILES string of the molecule is CC#C[C@H]1CN(S(=O)(=O)c2ccc(N)nc2)CCN1c1ccc(C(O)(CN)C(F)(F)F)cc1. The summed E-state index contributed by atoms with van der Waals surface area (Å²) in [5.41, 5.74) is 7.74. The summed E-state index contributed by atoms with van der Waals surface area (Å²) >= 11 is 0. The zero-order valence-electron chi connectivity index (χ0n) is 17.7. The summed E-state index contributed by atoms with van der Waals surface area (Å²) in [5.74, 6) is 5.93. The summed E-state index contributed by atoms with van der Waals surface area (Å²) < 4.78 is 67.2. The zero-order valence-corrected chi connectivity index (χ0v) is 18.6. The molecule has 1 aliphatic heterocycles. The van der Waals surface area contributed by atoms with E-state index in [1.165, 1.54) is 34.8 Å². The Morgan fingerprint density at radius 3 is 2.36 bits per heavy atom. The number of hydrogen-bond donors (Lipinski definition) is 3. The minimum Gasteiger partial charge on any atom is -0.384 e. The highest BCUT2D eigenvalue weighted by molar-refractivity contribution is 7.89. The van der Waals surface area contributed by atoms with Gasteiger partial charge >= 0.3 is 6.18 Å². The third-order valence-corrected chi connectivity index (χ3v) is 7.34. The number of alkyl halides is 3. The average molecular weight is 484 g/mol. The molecule has 1 aliphatic rings. The number of rotatable bonds is 5. The van der Waals surface area contributed by atoms with Gasteiger partial charge in [-0.2, -0.15) is 17.5 Å². The fourth-order valence-electron chi connectivity index (χ4n) is 3.59. The summed E-state index contributed by atoms with van der Waals surface area (Å²) in [4.78, 5) is 5.65. The number of nitrogen functional groups attached to an aromatic ring is 1. The molecule has 1 unspecified atom stereocenters. The third-order valence-electron chi connectivity index (χ3n) is 5.49. The number of nitrogens with two attached hydrogens (primary N) is 2. The van der Waals surface area contributed by atoms with Crippen LogP contribution >= 0.6 is 0 Å². The molecule has 1 aromatic heterocycles. The highest BCUT2D eigenvalue weighted by atomic mass is 32.2. The molecular weight excluding hydrogens is 459 g/mol. The Hall–Kier alpha value is -2.85. The number of benzene rings is 1. The first-order valence-electron chi connectivity index (χ1n) is 9.94. The number of pyridine rings is 1. The highest BCUT2D eigenvalue weighted by Gasteiger charge is 2.54. The van der Waals surface area contributed by atoms with E-state index in [0.29, 0.717) is 5.69 Å². The van der Waals surface area contributed by atoms with Gasteiger partial charge in [-0.15, -0.1) is 5.92 Å². The van der Waals surface area contributed by atoms with Gasteiger partial charge in [-0.3, -0.25) is 0 Å².